The Morgan fingerprint density at radius 1 is 1.12 bits per heavy atom. The molecule has 2 N–H and O–H groups in total. The molecule has 2 heterocycles. The van der Waals surface area contributed by atoms with Crippen molar-refractivity contribution in [1.29, 1.82) is 0 Å². The van der Waals surface area contributed by atoms with Gasteiger partial charge >= 0.3 is 5.97 Å². The number of ether oxygens (including phenoxy) is 3. The Balaban J connectivity index is 1.82. The average Bonchev–Trinajstić information content (AvgIpc) is 2.76. The average molecular weight is 478 g/mol. The number of amides is 1. The van der Waals surface area contributed by atoms with Crippen LogP contribution in [0.2, 0.25) is 0 Å². The van der Waals surface area contributed by atoms with Gasteiger partial charge in [-0.25, -0.2) is 0 Å². The number of carbonyl (C=O) groups excluding carboxylic acids is 2. The lowest BCUT2D eigenvalue weighted by molar-refractivity contribution is -0.143. The summed E-state index contributed by atoms with van der Waals surface area (Å²) < 4.78 is 17.2. The maximum atomic E-state index is 12.3. The van der Waals surface area contributed by atoms with Crippen LogP contribution in [0.25, 0.3) is 0 Å². The Hall–Kier alpha value is -1.96. The molecular weight excluding hydrogens is 434 g/mol. The number of allylic oxidation sites excluding steroid dienone is 2. The number of hydrogen-bond acceptors (Lipinski definition) is 6. The van der Waals surface area contributed by atoms with Gasteiger partial charge in [0, 0.05) is 19.6 Å². The molecule has 0 radical (unpaired) electrons. The van der Waals surface area contributed by atoms with E-state index in [1.54, 1.807) is 13.0 Å². The molecule has 0 aliphatic carbocycles. The Bertz CT molecular complexity index is 760. The van der Waals surface area contributed by atoms with Gasteiger partial charge in [0.2, 0.25) is 5.91 Å². The summed E-state index contributed by atoms with van der Waals surface area (Å²) in [5.74, 6) is 0.0145. The molecule has 2 aliphatic heterocycles. The zero-order valence-corrected chi connectivity index (χ0v) is 21.5. The van der Waals surface area contributed by atoms with Crippen molar-refractivity contribution >= 4 is 11.9 Å². The Morgan fingerprint density at radius 2 is 1.85 bits per heavy atom. The number of rotatable bonds is 9. The van der Waals surface area contributed by atoms with Crippen molar-refractivity contribution in [3.05, 3.63) is 36.0 Å². The first-order chi connectivity index (χ1) is 16.1. The third-order valence-electron chi connectivity index (χ3n) is 6.56. The van der Waals surface area contributed by atoms with Gasteiger partial charge in [0.1, 0.15) is 6.10 Å². The molecule has 7 heteroatoms. The summed E-state index contributed by atoms with van der Waals surface area (Å²) in [5.41, 5.74) is 1.16. The number of aliphatic hydroxyl groups is 1. The minimum absolute atomic E-state index is 0.0459. The van der Waals surface area contributed by atoms with E-state index in [-0.39, 0.29) is 48.9 Å². The van der Waals surface area contributed by atoms with E-state index in [1.807, 2.05) is 6.92 Å². The first-order valence-electron chi connectivity index (χ1n) is 12.5. The van der Waals surface area contributed by atoms with Crippen LogP contribution < -0.4 is 5.32 Å². The molecule has 0 bridgehead atoms. The largest absolute Gasteiger partial charge is 0.459 e. The minimum Gasteiger partial charge on any atom is -0.459 e. The standard InChI is InChI=1S/C27H43NO6/c1-17(7-10-24-15-23(16-29)14-20(4)33-24)8-11-26-18(2)13-25(21(5)34-26)28-27(31)12-9-19(3)32-22(6)30/h7-10,12,18-21,23-26,29H,11,13-16H2,1-6H3,(H,28,31)/b10-7+,12-9-,17-8+/t18?,19?,20-,21?,23?,24+,25?,26?/m0/s1. The normalized spacial score (nSPS) is 33.7. The molecule has 1 amide bonds. The van der Waals surface area contributed by atoms with E-state index in [4.69, 9.17) is 14.2 Å². The topological polar surface area (TPSA) is 94.1 Å². The summed E-state index contributed by atoms with van der Waals surface area (Å²) in [5, 5.41) is 12.5. The second-order valence-corrected chi connectivity index (χ2v) is 9.93. The molecule has 6 unspecified atom stereocenters. The molecule has 2 rings (SSSR count). The molecule has 192 valence electrons. The molecule has 8 atom stereocenters. The minimum atomic E-state index is -0.445. The Morgan fingerprint density at radius 3 is 2.53 bits per heavy atom. The van der Waals surface area contributed by atoms with Crippen LogP contribution in [-0.2, 0) is 23.8 Å². The lowest BCUT2D eigenvalue weighted by Gasteiger charge is -2.39. The highest BCUT2D eigenvalue weighted by atomic mass is 16.5. The van der Waals surface area contributed by atoms with E-state index in [1.165, 1.54) is 13.0 Å². The van der Waals surface area contributed by atoms with E-state index in [2.05, 4.69) is 44.3 Å². The van der Waals surface area contributed by atoms with Gasteiger partial charge in [0.05, 0.1) is 30.5 Å². The number of aliphatic hydroxyl groups excluding tert-OH is 1. The van der Waals surface area contributed by atoms with Crippen LogP contribution in [0.1, 0.15) is 67.2 Å². The fourth-order valence-corrected chi connectivity index (χ4v) is 4.67. The molecule has 0 aromatic carbocycles. The van der Waals surface area contributed by atoms with Crippen LogP contribution >= 0.6 is 0 Å². The summed E-state index contributed by atoms with van der Waals surface area (Å²) in [4.78, 5) is 23.2. The molecule has 0 aromatic rings. The molecule has 7 nitrogen and oxygen atoms in total. The van der Waals surface area contributed by atoms with Gasteiger partial charge in [-0.2, -0.15) is 0 Å². The number of hydrogen-bond donors (Lipinski definition) is 2. The molecule has 0 saturated carbocycles. The monoisotopic (exact) mass is 477 g/mol. The zero-order valence-electron chi connectivity index (χ0n) is 21.5. The molecule has 2 fully saturated rings. The fourth-order valence-electron chi connectivity index (χ4n) is 4.67. The molecule has 2 aliphatic rings. The lowest BCUT2D eigenvalue weighted by atomic mass is 9.88. The van der Waals surface area contributed by atoms with Crippen molar-refractivity contribution in [3.8, 4) is 0 Å². The van der Waals surface area contributed by atoms with Crippen LogP contribution in [0.15, 0.2) is 36.0 Å². The predicted molar refractivity (Wildman–Crippen MR) is 132 cm³/mol. The first kappa shape index (κ1) is 28.3. The van der Waals surface area contributed by atoms with Crippen LogP contribution in [0.4, 0.5) is 0 Å². The summed E-state index contributed by atoms with van der Waals surface area (Å²) in [6.45, 7) is 11.6. The van der Waals surface area contributed by atoms with E-state index < -0.39 is 6.10 Å². The van der Waals surface area contributed by atoms with E-state index in [9.17, 15) is 14.7 Å². The number of esters is 1. The highest BCUT2D eigenvalue weighted by Crippen LogP contribution is 2.28. The third-order valence-corrected chi connectivity index (χ3v) is 6.56. The van der Waals surface area contributed by atoms with Crippen LogP contribution in [0, 0.1) is 11.8 Å². The SMILES string of the molecule is CC(=O)OC(C)/C=C\C(=O)NC1CC(C)C(C/C=C(C)/C=C/[C@@H]2CC(CO)C[C@H](C)O2)OC1C. The Labute approximate surface area is 204 Å². The quantitative estimate of drug-likeness (QED) is 0.298. The van der Waals surface area contributed by atoms with Crippen molar-refractivity contribution in [1.82, 2.24) is 5.32 Å². The van der Waals surface area contributed by atoms with Gasteiger partial charge in [-0.1, -0.05) is 30.7 Å². The lowest BCUT2D eigenvalue weighted by Crippen LogP contribution is -2.50. The molecule has 0 spiro atoms. The molecule has 0 aromatic heterocycles. The van der Waals surface area contributed by atoms with Gasteiger partial charge in [-0.3, -0.25) is 9.59 Å². The van der Waals surface area contributed by atoms with Gasteiger partial charge in [0.25, 0.3) is 0 Å². The smallest absolute Gasteiger partial charge is 0.303 e. The van der Waals surface area contributed by atoms with Crippen molar-refractivity contribution in [2.24, 2.45) is 11.8 Å². The number of nitrogens with one attached hydrogen (secondary N) is 1. The maximum absolute atomic E-state index is 12.3. The fraction of sp³-hybridized carbons (Fsp3) is 0.704. The Kier molecular flexibility index (Phi) is 11.5. The van der Waals surface area contributed by atoms with Gasteiger partial charge in [0.15, 0.2) is 0 Å². The maximum Gasteiger partial charge on any atom is 0.303 e. The van der Waals surface area contributed by atoms with E-state index >= 15 is 0 Å². The summed E-state index contributed by atoms with van der Waals surface area (Å²) in [6, 6.07) is -0.0673. The predicted octanol–water partition coefficient (Wildman–Crippen LogP) is 3.86. The highest BCUT2D eigenvalue weighted by Gasteiger charge is 2.33. The van der Waals surface area contributed by atoms with Crippen molar-refractivity contribution in [2.75, 3.05) is 6.61 Å². The van der Waals surface area contributed by atoms with E-state index in [0.29, 0.717) is 11.8 Å². The first-order valence-corrected chi connectivity index (χ1v) is 12.5. The second kappa shape index (κ2) is 13.8. The second-order valence-electron chi connectivity index (χ2n) is 9.93. The third kappa shape index (κ3) is 9.72. The van der Waals surface area contributed by atoms with Crippen molar-refractivity contribution in [3.63, 3.8) is 0 Å². The molecule has 2 saturated heterocycles. The van der Waals surface area contributed by atoms with Gasteiger partial charge in [-0.15, -0.1) is 0 Å². The number of carbonyl (C=O) groups is 2. The van der Waals surface area contributed by atoms with Crippen LogP contribution in [0.5, 0.6) is 0 Å². The molecular formula is C27H43NO6. The highest BCUT2D eigenvalue weighted by molar-refractivity contribution is 5.87. The van der Waals surface area contributed by atoms with Gasteiger partial charge < -0.3 is 24.6 Å². The summed E-state index contributed by atoms with van der Waals surface area (Å²) in [7, 11) is 0. The summed E-state index contributed by atoms with van der Waals surface area (Å²) >= 11 is 0. The molecule has 34 heavy (non-hydrogen) atoms. The zero-order chi connectivity index (χ0) is 25.3. The van der Waals surface area contributed by atoms with Crippen LogP contribution in [-0.4, -0.2) is 60.2 Å². The van der Waals surface area contributed by atoms with Crippen LogP contribution in [0.3, 0.4) is 0 Å². The van der Waals surface area contributed by atoms with Crippen molar-refractivity contribution < 1.29 is 28.9 Å². The van der Waals surface area contributed by atoms with Crippen molar-refractivity contribution in [2.45, 2.75) is 104 Å². The van der Waals surface area contributed by atoms with Gasteiger partial charge in [-0.05, 0) is 71.3 Å². The summed E-state index contributed by atoms with van der Waals surface area (Å²) in [6.07, 6.45) is 12.6. The van der Waals surface area contributed by atoms with E-state index in [0.717, 1.165) is 31.3 Å².